The molecule has 0 amide bonds. The molecule has 0 bridgehead atoms. The fraction of sp³-hybridized carbons (Fsp3) is 1.00. The van der Waals surface area contributed by atoms with Gasteiger partial charge in [0.25, 0.3) is 0 Å². The lowest BCUT2D eigenvalue weighted by molar-refractivity contribution is -0.00252. The van der Waals surface area contributed by atoms with Crippen molar-refractivity contribution in [1.29, 1.82) is 0 Å². The molecule has 1 saturated heterocycles. The van der Waals surface area contributed by atoms with Crippen molar-refractivity contribution < 1.29 is 9.84 Å². The van der Waals surface area contributed by atoms with Crippen LogP contribution in [0.15, 0.2) is 0 Å². The van der Waals surface area contributed by atoms with Crippen LogP contribution < -0.4 is 5.32 Å². The Morgan fingerprint density at radius 2 is 2.33 bits per heavy atom. The molecule has 9 heavy (non-hydrogen) atoms. The van der Waals surface area contributed by atoms with Gasteiger partial charge in [-0.15, -0.1) is 0 Å². The van der Waals surface area contributed by atoms with Crippen LogP contribution in [0.3, 0.4) is 0 Å². The summed E-state index contributed by atoms with van der Waals surface area (Å²) in [5.74, 6) is 0. The summed E-state index contributed by atoms with van der Waals surface area (Å²) < 4.78 is 4.93. The van der Waals surface area contributed by atoms with E-state index in [1.807, 2.05) is 6.92 Å². The van der Waals surface area contributed by atoms with Gasteiger partial charge < -0.3 is 9.84 Å². The van der Waals surface area contributed by atoms with Gasteiger partial charge in [-0.2, -0.15) is 0 Å². The normalized spacial score (nSPS) is 43.7. The third kappa shape index (κ3) is 1.41. The minimum Gasteiger partial charge on any atom is -0.389 e. The van der Waals surface area contributed by atoms with Crippen LogP contribution in [0.25, 0.3) is 0 Å². The Morgan fingerprint density at radius 3 is 2.56 bits per heavy atom. The maximum atomic E-state index is 9.17. The fourth-order valence-corrected chi connectivity index (χ4v) is 1.17. The Bertz CT molecular complexity index is 97.1. The maximum absolute atomic E-state index is 9.17. The lowest BCUT2D eigenvalue weighted by atomic mass is 10.2. The van der Waals surface area contributed by atoms with E-state index in [2.05, 4.69) is 5.32 Å². The summed E-state index contributed by atoms with van der Waals surface area (Å²) in [4.78, 5) is 0. The minimum atomic E-state index is -0.329. The standard InChI is InChI=1S/C6H13NO2/c1-4-3-5(8)6(7-4)9-2/h4-8H,3H2,1-2H3/t4-,5-,6+/m0/s1. The Kier molecular flexibility index (Phi) is 2.05. The smallest absolute Gasteiger partial charge is 0.134 e. The van der Waals surface area contributed by atoms with Crippen molar-refractivity contribution in [3.63, 3.8) is 0 Å². The zero-order chi connectivity index (χ0) is 6.85. The monoisotopic (exact) mass is 131 g/mol. The first-order valence-electron chi connectivity index (χ1n) is 3.21. The SMILES string of the molecule is CO[C@H]1N[C@@H](C)C[C@@H]1O. The molecule has 3 nitrogen and oxygen atoms in total. The summed E-state index contributed by atoms with van der Waals surface area (Å²) in [6, 6.07) is 0.380. The second-order valence-electron chi connectivity index (χ2n) is 2.53. The van der Waals surface area contributed by atoms with Gasteiger partial charge in [0.05, 0.1) is 6.10 Å². The Labute approximate surface area is 55.0 Å². The Hall–Kier alpha value is -0.120. The molecule has 1 aliphatic heterocycles. The highest BCUT2D eigenvalue weighted by molar-refractivity contribution is 4.82. The molecule has 1 aliphatic rings. The predicted octanol–water partition coefficient (Wildman–Crippen LogP) is -0.298. The van der Waals surface area contributed by atoms with Gasteiger partial charge in [-0.3, -0.25) is 5.32 Å². The molecule has 3 heteroatoms. The highest BCUT2D eigenvalue weighted by Gasteiger charge is 2.28. The largest absolute Gasteiger partial charge is 0.389 e. The molecular weight excluding hydrogens is 118 g/mol. The molecule has 2 N–H and O–H groups in total. The molecule has 54 valence electrons. The molecule has 0 spiro atoms. The van der Waals surface area contributed by atoms with Gasteiger partial charge in [0.2, 0.25) is 0 Å². The number of aliphatic hydroxyl groups excluding tert-OH is 1. The van der Waals surface area contributed by atoms with Crippen LogP contribution in [0.2, 0.25) is 0 Å². The molecule has 1 rings (SSSR count). The van der Waals surface area contributed by atoms with Gasteiger partial charge in [-0.05, 0) is 13.3 Å². The lowest BCUT2D eigenvalue weighted by Crippen LogP contribution is -2.33. The first-order chi connectivity index (χ1) is 4.24. The lowest BCUT2D eigenvalue weighted by Gasteiger charge is -2.11. The van der Waals surface area contributed by atoms with E-state index >= 15 is 0 Å². The molecule has 1 fully saturated rings. The van der Waals surface area contributed by atoms with Crippen LogP contribution in [0, 0.1) is 0 Å². The van der Waals surface area contributed by atoms with Crippen molar-refractivity contribution in [2.75, 3.05) is 7.11 Å². The molecular formula is C6H13NO2. The maximum Gasteiger partial charge on any atom is 0.134 e. The Balaban J connectivity index is 2.38. The van der Waals surface area contributed by atoms with Crippen LogP contribution in [-0.4, -0.2) is 30.6 Å². The van der Waals surface area contributed by atoms with Crippen LogP contribution in [0.5, 0.6) is 0 Å². The summed E-state index contributed by atoms with van der Waals surface area (Å²) in [5, 5.41) is 12.3. The zero-order valence-corrected chi connectivity index (χ0v) is 5.79. The summed E-state index contributed by atoms with van der Waals surface area (Å²) in [5.41, 5.74) is 0. The molecule has 0 aromatic heterocycles. The van der Waals surface area contributed by atoms with Gasteiger partial charge in [0, 0.05) is 13.2 Å². The molecule has 0 saturated carbocycles. The van der Waals surface area contributed by atoms with Crippen LogP contribution in [0.1, 0.15) is 13.3 Å². The number of hydrogen-bond acceptors (Lipinski definition) is 3. The number of hydrogen-bond donors (Lipinski definition) is 2. The van der Waals surface area contributed by atoms with Crippen molar-refractivity contribution in [1.82, 2.24) is 5.32 Å². The first-order valence-corrected chi connectivity index (χ1v) is 3.21. The summed E-state index contributed by atoms with van der Waals surface area (Å²) >= 11 is 0. The van der Waals surface area contributed by atoms with Crippen molar-refractivity contribution in [2.45, 2.75) is 31.7 Å². The van der Waals surface area contributed by atoms with Gasteiger partial charge in [-0.25, -0.2) is 0 Å². The molecule has 0 aliphatic carbocycles. The molecule has 0 unspecified atom stereocenters. The number of rotatable bonds is 1. The van der Waals surface area contributed by atoms with Crippen molar-refractivity contribution in [3.05, 3.63) is 0 Å². The average molecular weight is 131 g/mol. The van der Waals surface area contributed by atoms with E-state index in [-0.39, 0.29) is 12.3 Å². The second-order valence-corrected chi connectivity index (χ2v) is 2.53. The second kappa shape index (κ2) is 2.64. The number of aliphatic hydroxyl groups is 1. The van der Waals surface area contributed by atoms with E-state index < -0.39 is 0 Å². The number of ether oxygens (including phenoxy) is 1. The summed E-state index contributed by atoms with van der Waals surface area (Å²) in [6.45, 7) is 2.03. The summed E-state index contributed by atoms with van der Waals surface area (Å²) in [6.07, 6.45) is 0.309. The molecule has 0 aromatic carbocycles. The van der Waals surface area contributed by atoms with Gasteiger partial charge in [-0.1, -0.05) is 0 Å². The highest BCUT2D eigenvalue weighted by atomic mass is 16.5. The first kappa shape index (κ1) is 6.99. The van der Waals surface area contributed by atoms with E-state index in [0.29, 0.717) is 6.04 Å². The number of nitrogens with one attached hydrogen (secondary N) is 1. The third-order valence-corrected chi connectivity index (χ3v) is 1.65. The average Bonchev–Trinajstić information content (AvgIpc) is 2.10. The van der Waals surface area contributed by atoms with E-state index in [1.165, 1.54) is 0 Å². The van der Waals surface area contributed by atoms with Gasteiger partial charge >= 0.3 is 0 Å². The van der Waals surface area contributed by atoms with Crippen LogP contribution in [0.4, 0.5) is 0 Å². The predicted molar refractivity (Wildman–Crippen MR) is 34.0 cm³/mol. The van der Waals surface area contributed by atoms with E-state index in [0.717, 1.165) is 6.42 Å². The van der Waals surface area contributed by atoms with Crippen molar-refractivity contribution >= 4 is 0 Å². The minimum absolute atomic E-state index is 0.153. The zero-order valence-electron chi connectivity index (χ0n) is 5.79. The van der Waals surface area contributed by atoms with Crippen LogP contribution in [-0.2, 0) is 4.74 Å². The van der Waals surface area contributed by atoms with E-state index in [4.69, 9.17) is 4.74 Å². The van der Waals surface area contributed by atoms with Crippen molar-refractivity contribution in [2.24, 2.45) is 0 Å². The topological polar surface area (TPSA) is 41.5 Å². The molecule has 1 heterocycles. The van der Waals surface area contributed by atoms with E-state index in [1.54, 1.807) is 7.11 Å². The van der Waals surface area contributed by atoms with Crippen LogP contribution >= 0.6 is 0 Å². The Morgan fingerprint density at radius 1 is 1.67 bits per heavy atom. The fourth-order valence-electron chi connectivity index (χ4n) is 1.17. The van der Waals surface area contributed by atoms with Gasteiger partial charge in [0.1, 0.15) is 6.23 Å². The third-order valence-electron chi connectivity index (χ3n) is 1.65. The molecule has 3 atom stereocenters. The summed E-state index contributed by atoms with van der Waals surface area (Å²) in [7, 11) is 1.60. The molecule has 0 radical (unpaired) electrons. The highest BCUT2D eigenvalue weighted by Crippen LogP contribution is 2.12. The van der Waals surface area contributed by atoms with Gasteiger partial charge in [0.15, 0.2) is 0 Å². The number of methoxy groups -OCH3 is 1. The molecule has 0 aromatic rings. The van der Waals surface area contributed by atoms with E-state index in [9.17, 15) is 5.11 Å². The van der Waals surface area contributed by atoms with Crippen molar-refractivity contribution in [3.8, 4) is 0 Å². The quantitative estimate of drug-likeness (QED) is 0.513.